The van der Waals surface area contributed by atoms with E-state index in [4.69, 9.17) is 0 Å². The van der Waals surface area contributed by atoms with Crippen LogP contribution in [-0.4, -0.2) is 32.2 Å². The van der Waals surface area contributed by atoms with Crippen molar-refractivity contribution in [2.24, 2.45) is 7.05 Å². The van der Waals surface area contributed by atoms with Gasteiger partial charge in [-0.2, -0.15) is 5.10 Å². The Balaban J connectivity index is 1.59. The lowest BCUT2D eigenvalue weighted by Gasteiger charge is -2.09. The van der Waals surface area contributed by atoms with E-state index < -0.39 is 0 Å². The summed E-state index contributed by atoms with van der Waals surface area (Å²) in [7, 11) is 1.80. The average Bonchev–Trinajstić information content (AvgIpc) is 3.16. The molecule has 0 radical (unpaired) electrons. The van der Waals surface area contributed by atoms with Gasteiger partial charge >= 0.3 is 0 Å². The molecule has 1 saturated heterocycles. The van der Waals surface area contributed by atoms with Gasteiger partial charge in [0.15, 0.2) is 5.82 Å². The summed E-state index contributed by atoms with van der Waals surface area (Å²) in [4.78, 5) is 16.2. The number of hydrogen-bond acceptors (Lipinski definition) is 5. The predicted molar refractivity (Wildman–Crippen MR) is 86.3 cm³/mol. The maximum absolute atomic E-state index is 12.1. The first-order chi connectivity index (χ1) is 10.2. The van der Waals surface area contributed by atoms with Crippen LogP contribution in [0.4, 0.5) is 0 Å². The lowest BCUT2D eigenvalue weighted by atomic mass is 10.1. The van der Waals surface area contributed by atoms with Crippen LogP contribution in [0.5, 0.6) is 0 Å². The van der Waals surface area contributed by atoms with Crippen LogP contribution >= 0.6 is 23.5 Å². The molecule has 0 spiro atoms. The fraction of sp³-hybridized carbons (Fsp3) is 0.357. The number of hydrogen-bond donors (Lipinski definition) is 1. The zero-order chi connectivity index (χ0) is 14.7. The number of amides is 1. The third-order valence-corrected chi connectivity index (χ3v) is 6.23. The highest BCUT2D eigenvalue weighted by Crippen LogP contribution is 2.45. The predicted octanol–water partition coefficient (Wildman–Crippen LogP) is 2.22. The van der Waals surface area contributed by atoms with Crippen LogP contribution in [0.25, 0.3) is 0 Å². The highest BCUT2D eigenvalue weighted by molar-refractivity contribution is 8.19. The number of nitrogens with one attached hydrogen (secondary N) is 1. The van der Waals surface area contributed by atoms with Gasteiger partial charge in [-0.3, -0.25) is 9.48 Å². The molecular weight excluding hydrogens is 304 g/mol. The van der Waals surface area contributed by atoms with Gasteiger partial charge in [0.05, 0.1) is 11.1 Å². The highest BCUT2D eigenvalue weighted by Gasteiger charge is 2.18. The SMILES string of the molecule is Cn1cnc(CNC(=O)c2ccc(C3SCCS3)cc2)n1. The molecule has 1 fully saturated rings. The largest absolute Gasteiger partial charge is 0.345 e. The second kappa shape index (κ2) is 6.53. The first kappa shape index (κ1) is 14.5. The first-order valence-electron chi connectivity index (χ1n) is 6.68. The minimum absolute atomic E-state index is 0.0965. The van der Waals surface area contributed by atoms with Crippen molar-refractivity contribution in [3.05, 3.63) is 47.5 Å². The normalized spacial score (nSPS) is 15.3. The fourth-order valence-electron chi connectivity index (χ4n) is 2.07. The molecule has 110 valence electrons. The Hall–Kier alpha value is -1.47. The summed E-state index contributed by atoms with van der Waals surface area (Å²) < 4.78 is 2.13. The topological polar surface area (TPSA) is 59.8 Å². The van der Waals surface area contributed by atoms with E-state index in [0.717, 1.165) is 0 Å². The van der Waals surface area contributed by atoms with Crippen molar-refractivity contribution in [1.29, 1.82) is 0 Å². The van der Waals surface area contributed by atoms with E-state index in [0.29, 0.717) is 22.5 Å². The van der Waals surface area contributed by atoms with Crippen LogP contribution in [0.15, 0.2) is 30.6 Å². The smallest absolute Gasteiger partial charge is 0.251 e. The zero-order valence-corrected chi connectivity index (χ0v) is 13.3. The number of carbonyl (C=O) groups excluding carboxylic acids is 1. The van der Waals surface area contributed by atoms with Crippen molar-refractivity contribution in [3.8, 4) is 0 Å². The molecule has 1 aliphatic heterocycles. The Labute approximate surface area is 131 Å². The van der Waals surface area contributed by atoms with Crippen LogP contribution in [0.2, 0.25) is 0 Å². The van der Waals surface area contributed by atoms with Gasteiger partial charge in [0.25, 0.3) is 5.91 Å². The standard InChI is InChI=1S/C14H16N4OS2/c1-18-9-16-12(17-18)8-15-13(19)10-2-4-11(5-3-10)14-20-6-7-21-14/h2-5,9,14H,6-8H2,1H3,(H,15,19). The fourth-order valence-corrected chi connectivity index (χ4v) is 4.93. The summed E-state index contributed by atoms with van der Waals surface area (Å²) in [5, 5.41) is 6.96. The van der Waals surface area contributed by atoms with E-state index in [-0.39, 0.29) is 5.91 Å². The van der Waals surface area contributed by atoms with E-state index in [2.05, 4.69) is 15.4 Å². The molecule has 1 amide bonds. The summed E-state index contributed by atoms with van der Waals surface area (Å²) in [5.74, 6) is 2.92. The number of rotatable bonds is 4. The molecule has 7 heteroatoms. The molecule has 0 atom stereocenters. The van der Waals surface area contributed by atoms with Crippen LogP contribution in [0.1, 0.15) is 26.3 Å². The van der Waals surface area contributed by atoms with Gasteiger partial charge in [-0.25, -0.2) is 4.98 Å². The van der Waals surface area contributed by atoms with Gasteiger partial charge in [-0.1, -0.05) is 12.1 Å². The Kier molecular flexibility index (Phi) is 4.50. The lowest BCUT2D eigenvalue weighted by molar-refractivity contribution is 0.0950. The second-order valence-electron chi connectivity index (χ2n) is 4.71. The lowest BCUT2D eigenvalue weighted by Crippen LogP contribution is -2.23. The Morgan fingerprint density at radius 1 is 1.33 bits per heavy atom. The molecule has 1 aromatic carbocycles. The van der Waals surface area contributed by atoms with Crippen molar-refractivity contribution >= 4 is 29.4 Å². The molecule has 2 aromatic rings. The number of nitrogens with zero attached hydrogens (tertiary/aromatic N) is 3. The van der Waals surface area contributed by atoms with Crippen molar-refractivity contribution in [2.45, 2.75) is 11.1 Å². The van der Waals surface area contributed by atoms with Crippen LogP contribution < -0.4 is 5.32 Å². The van der Waals surface area contributed by atoms with Gasteiger partial charge in [0.1, 0.15) is 6.33 Å². The number of aromatic nitrogens is 3. The molecule has 0 saturated carbocycles. The van der Waals surface area contributed by atoms with Crippen molar-refractivity contribution in [3.63, 3.8) is 0 Å². The quantitative estimate of drug-likeness (QED) is 0.936. The Morgan fingerprint density at radius 2 is 2.05 bits per heavy atom. The molecule has 1 aromatic heterocycles. The third kappa shape index (κ3) is 3.59. The van der Waals surface area contributed by atoms with Crippen LogP contribution in [0, 0.1) is 0 Å². The van der Waals surface area contributed by atoms with Gasteiger partial charge in [-0.15, -0.1) is 23.5 Å². The van der Waals surface area contributed by atoms with Crippen molar-refractivity contribution in [1.82, 2.24) is 20.1 Å². The molecule has 2 heterocycles. The molecule has 0 unspecified atom stereocenters. The Morgan fingerprint density at radius 3 is 2.67 bits per heavy atom. The molecule has 3 rings (SSSR count). The first-order valence-corrected chi connectivity index (χ1v) is 8.78. The van der Waals surface area contributed by atoms with Gasteiger partial charge in [0.2, 0.25) is 0 Å². The zero-order valence-electron chi connectivity index (χ0n) is 11.7. The summed E-state index contributed by atoms with van der Waals surface area (Å²) in [5.41, 5.74) is 1.95. The molecule has 1 aliphatic rings. The second-order valence-corrected chi connectivity index (χ2v) is 7.44. The molecule has 5 nitrogen and oxygen atoms in total. The average molecular weight is 320 g/mol. The van der Waals surface area contributed by atoms with Crippen LogP contribution in [-0.2, 0) is 13.6 Å². The summed E-state index contributed by atoms with van der Waals surface area (Å²) in [6.07, 6.45) is 1.62. The molecule has 1 N–H and O–H groups in total. The monoisotopic (exact) mass is 320 g/mol. The third-order valence-electron chi connectivity index (χ3n) is 3.12. The van der Waals surface area contributed by atoms with E-state index in [1.165, 1.54) is 17.1 Å². The van der Waals surface area contributed by atoms with Gasteiger partial charge in [-0.05, 0) is 17.7 Å². The molecule has 0 bridgehead atoms. The summed E-state index contributed by atoms with van der Waals surface area (Å²) in [6, 6.07) is 7.86. The minimum Gasteiger partial charge on any atom is -0.345 e. The van der Waals surface area contributed by atoms with Crippen molar-refractivity contribution < 1.29 is 4.79 Å². The number of carbonyl (C=O) groups is 1. The molecule has 0 aliphatic carbocycles. The van der Waals surface area contributed by atoms with Gasteiger partial charge < -0.3 is 5.32 Å². The van der Waals surface area contributed by atoms with E-state index in [1.807, 2.05) is 47.8 Å². The van der Waals surface area contributed by atoms with E-state index >= 15 is 0 Å². The van der Waals surface area contributed by atoms with E-state index in [1.54, 1.807) is 18.1 Å². The van der Waals surface area contributed by atoms with Gasteiger partial charge in [0, 0.05) is 24.1 Å². The Bertz CT molecular complexity index is 620. The summed E-state index contributed by atoms with van der Waals surface area (Å²) >= 11 is 3.93. The van der Waals surface area contributed by atoms with E-state index in [9.17, 15) is 4.79 Å². The molecular formula is C14H16N4OS2. The minimum atomic E-state index is -0.0965. The van der Waals surface area contributed by atoms with Crippen molar-refractivity contribution in [2.75, 3.05) is 11.5 Å². The summed E-state index contributed by atoms with van der Waals surface area (Å²) in [6.45, 7) is 0.343. The number of aryl methyl sites for hydroxylation is 1. The maximum Gasteiger partial charge on any atom is 0.251 e. The van der Waals surface area contributed by atoms with Crippen LogP contribution in [0.3, 0.4) is 0 Å². The number of thioether (sulfide) groups is 2. The number of benzene rings is 1. The maximum atomic E-state index is 12.1. The highest BCUT2D eigenvalue weighted by atomic mass is 32.2. The molecule has 21 heavy (non-hydrogen) atoms.